The molecule has 0 bridgehead atoms. The van der Waals surface area contributed by atoms with Gasteiger partial charge in [0.05, 0.1) is 23.2 Å². The number of nitrogens with two attached hydrogens (primary N) is 1. The molecule has 0 saturated carbocycles. The standard InChI is InChI=1S/C23H21F2IN6O2/c1-4-34-19-7-5-6-15(25)20(19)21(26)32-22(18(11-27)30(3)23(32)33)29-13(2)31-12-28-16-9-8-14(24)10-17(16)31/h5-12,21H,2,4,27H2,1,3H3/b18-11+,29-22+/t21-/m0/s1. The number of imidazole rings is 1. The van der Waals surface area contributed by atoms with Crippen LogP contribution < -0.4 is 10.5 Å². The summed E-state index contributed by atoms with van der Waals surface area (Å²) >= 11 is 1.96. The fraction of sp³-hybridized carbons (Fsp3) is 0.174. The Morgan fingerprint density at radius 3 is 2.82 bits per heavy atom. The molecule has 2 heterocycles. The van der Waals surface area contributed by atoms with Gasteiger partial charge in [0.15, 0.2) is 5.84 Å². The van der Waals surface area contributed by atoms with Crippen LogP contribution in [-0.2, 0) is 0 Å². The van der Waals surface area contributed by atoms with E-state index in [0.29, 0.717) is 29.1 Å². The van der Waals surface area contributed by atoms with Crippen LogP contribution in [0.2, 0.25) is 0 Å². The van der Waals surface area contributed by atoms with Gasteiger partial charge in [-0.15, -0.1) is 0 Å². The predicted molar refractivity (Wildman–Crippen MR) is 134 cm³/mol. The largest absolute Gasteiger partial charge is 0.493 e. The smallest absolute Gasteiger partial charge is 0.331 e. The number of likely N-dealkylation sites (N-methyl/N-ethyl adjacent to an activating group) is 1. The molecule has 176 valence electrons. The molecule has 0 radical (unpaired) electrons. The number of carbonyl (C=O) groups excluding carboxylic acids is 1. The van der Waals surface area contributed by atoms with E-state index in [2.05, 4.69) is 16.6 Å². The Kier molecular flexibility index (Phi) is 6.55. The van der Waals surface area contributed by atoms with Gasteiger partial charge in [-0.1, -0.05) is 35.2 Å². The molecular weight excluding hydrogens is 557 g/mol. The van der Waals surface area contributed by atoms with Gasteiger partial charge in [-0.25, -0.2) is 23.6 Å². The summed E-state index contributed by atoms with van der Waals surface area (Å²) in [5.74, 6) is -0.330. The number of fused-ring (bicyclic) bond motifs is 1. The highest BCUT2D eigenvalue weighted by Crippen LogP contribution is 2.41. The van der Waals surface area contributed by atoms with Crippen LogP contribution >= 0.6 is 22.6 Å². The van der Waals surface area contributed by atoms with Gasteiger partial charge in [0.1, 0.15) is 39.3 Å². The third kappa shape index (κ3) is 4.00. The highest BCUT2D eigenvalue weighted by Gasteiger charge is 2.42. The van der Waals surface area contributed by atoms with Crippen LogP contribution in [0.25, 0.3) is 16.9 Å². The maximum absolute atomic E-state index is 14.9. The number of hydrogen-bond acceptors (Lipinski definition) is 5. The number of rotatable bonds is 6. The van der Waals surface area contributed by atoms with Gasteiger partial charge in [0.25, 0.3) is 0 Å². The number of hydrogen-bond donors (Lipinski definition) is 1. The average Bonchev–Trinajstić information content (AvgIpc) is 3.32. The Morgan fingerprint density at radius 1 is 1.35 bits per heavy atom. The minimum atomic E-state index is -0.823. The van der Waals surface area contributed by atoms with Crippen LogP contribution in [0, 0.1) is 11.6 Å². The van der Waals surface area contributed by atoms with Crippen molar-refractivity contribution in [3.05, 3.63) is 78.4 Å². The lowest BCUT2D eigenvalue weighted by Gasteiger charge is -2.25. The quantitative estimate of drug-likeness (QED) is 0.258. The van der Waals surface area contributed by atoms with E-state index >= 15 is 0 Å². The topological polar surface area (TPSA) is 89.0 Å². The van der Waals surface area contributed by atoms with Crippen molar-refractivity contribution in [2.45, 2.75) is 11.0 Å². The van der Waals surface area contributed by atoms with Crippen molar-refractivity contribution in [1.82, 2.24) is 19.4 Å². The number of alkyl halides is 1. The molecule has 0 unspecified atom stereocenters. The van der Waals surface area contributed by atoms with Gasteiger partial charge in [-0.3, -0.25) is 14.4 Å². The molecule has 2 N–H and O–H groups in total. The monoisotopic (exact) mass is 578 g/mol. The van der Waals surface area contributed by atoms with Gasteiger partial charge < -0.3 is 10.5 Å². The molecule has 8 nitrogen and oxygen atoms in total. The van der Waals surface area contributed by atoms with Gasteiger partial charge in [-0.2, -0.15) is 0 Å². The first kappa shape index (κ1) is 23.7. The van der Waals surface area contributed by atoms with Crippen LogP contribution in [0.1, 0.15) is 16.5 Å². The van der Waals surface area contributed by atoms with Crippen molar-refractivity contribution in [3.63, 3.8) is 0 Å². The highest BCUT2D eigenvalue weighted by atomic mass is 127. The lowest BCUT2D eigenvalue weighted by atomic mass is 10.1. The summed E-state index contributed by atoms with van der Waals surface area (Å²) in [6, 6.07) is 8.17. The van der Waals surface area contributed by atoms with E-state index in [4.69, 9.17) is 10.5 Å². The van der Waals surface area contributed by atoms with Crippen LogP contribution in [0.4, 0.5) is 13.6 Å². The van der Waals surface area contributed by atoms with E-state index in [0.717, 1.165) is 0 Å². The van der Waals surface area contributed by atoms with Crippen LogP contribution in [0.5, 0.6) is 5.75 Å². The summed E-state index contributed by atoms with van der Waals surface area (Å²) in [5, 5.41) is 0. The van der Waals surface area contributed by atoms with E-state index < -0.39 is 21.7 Å². The first-order chi connectivity index (χ1) is 16.3. The zero-order valence-electron chi connectivity index (χ0n) is 18.4. The fourth-order valence-corrected chi connectivity index (χ4v) is 4.76. The Balaban J connectivity index is 1.82. The minimum Gasteiger partial charge on any atom is -0.493 e. The van der Waals surface area contributed by atoms with Gasteiger partial charge >= 0.3 is 6.03 Å². The van der Waals surface area contributed by atoms with E-state index in [9.17, 15) is 13.6 Å². The number of aliphatic imine (C=N–C) groups is 1. The van der Waals surface area contributed by atoms with Crippen LogP contribution in [0.3, 0.4) is 0 Å². The summed E-state index contributed by atoms with van der Waals surface area (Å²) in [6.45, 7) is 6.09. The van der Waals surface area contributed by atoms with Crippen molar-refractivity contribution in [3.8, 4) is 5.75 Å². The van der Waals surface area contributed by atoms with E-state index in [1.54, 1.807) is 19.1 Å². The molecule has 1 atom stereocenters. The Morgan fingerprint density at radius 2 is 2.12 bits per heavy atom. The van der Waals surface area contributed by atoms with Crippen molar-refractivity contribution in [1.29, 1.82) is 0 Å². The third-order valence-corrected chi connectivity index (χ3v) is 6.45. The number of carbonyl (C=O) groups is 1. The molecule has 4 rings (SSSR count). The minimum absolute atomic E-state index is 0.156. The molecule has 1 aliphatic heterocycles. The number of benzene rings is 2. The van der Waals surface area contributed by atoms with E-state index in [1.807, 2.05) is 22.6 Å². The second kappa shape index (κ2) is 9.41. The van der Waals surface area contributed by atoms with E-state index in [-0.39, 0.29) is 17.2 Å². The van der Waals surface area contributed by atoms with Crippen LogP contribution in [-0.4, -0.2) is 44.9 Å². The number of halogens is 3. The Labute approximate surface area is 208 Å². The van der Waals surface area contributed by atoms with E-state index in [1.165, 1.54) is 58.2 Å². The number of amidine groups is 1. The number of urea groups is 1. The van der Waals surface area contributed by atoms with Crippen molar-refractivity contribution < 1.29 is 18.3 Å². The van der Waals surface area contributed by atoms with Gasteiger partial charge in [0, 0.05) is 19.3 Å². The number of nitrogens with zero attached hydrogens (tertiary/aromatic N) is 5. The number of ether oxygens (including phenoxy) is 1. The summed E-state index contributed by atoms with van der Waals surface area (Å²) < 4.78 is 35.0. The summed E-state index contributed by atoms with van der Waals surface area (Å²) in [6.07, 6.45) is 2.70. The Hall–Kier alpha value is -3.48. The van der Waals surface area contributed by atoms with Gasteiger partial charge in [0.2, 0.25) is 0 Å². The second-order valence-electron chi connectivity index (χ2n) is 7.28. The predicted octanol–water partition coefficient (Wildman–Crippen LogP) is 4.84. The lowest BCUT2D eigenvalue weighted by molar-refractivity contribution is 0.206. The maximum Gasteiger partial charge on any atom is 0.331 e. The number of amides is 2. The first-order valence-electron chi connectivity index (χ1n) is 10.2. The summed E-state index contributed by atoms with van der Waals surface area (Å²) in [7, 11) is 1.54. The molecule has 2 aromatic carbocycles. The molecule has 0 aliphatic carbocycles. The highest BCUT2D eigenvalue weighted by molar-refractivity contribution is 14.1. The molecule has 1 aromatic heterocycles. The lowest BCUT2D eigenvalue weighted by Crippen LogP contribution is -2.33. The van der Waals surface area contributed by atoms with Crippen molar-refractivity contribution >= 4 is 51.3 Å². The fourth-order valence-electron chi connectivity index (χ4n) is 3.65. The molecule has 11 heteroatoms. The molecule has 3 aromatic rings. The molecule has 0 spiro atoms. The third-order valence-electron chi connectivity index (χ3n) is 5.27. The molecular formula is C23H21F2IN6O2. The second-order valence-corrected chi connectivity index (χ2v) is 8.46. The normalized spacial score (nSPS) is 17.3. The van der Waals surface area contributed by atoms with Crippen molar-refractivity contribution in [2.75, 3.05) is 13.7 Å². The molecule has 34 heavy (non-hydrogen) atoms. The SMILES string of the molecule is C=C(/N=C1\C(=C/N)N(C)C(=O)N1[C@H](I)c1c(F)cccc1OCC)n1cnc2ccc(F)cc21. The summed E-state index contributed by atoms with van der Waals surface area (Å²) in [4.78, 5) is 24.6. The molecule has 1 aliphatic rings. The molecule has 2 amide bonds. The van der Waals surface area contributed by atoms with Crippen molar-refractivity contribution in [2.24, 2.45) is 10.7 Å². The summed E-state index contributed by atoms with van der Waals surface area (Å²) in [5.41, 5.74) is 7.33. The first-order valence-corrected chi connectivity index (χ1v) is 11.5. The number of aromatic nitrogens is 2. The average molecular weight is 578 g/mol. The zero-order valence-corrected chi connectivity index (χ0v) is 20.5. The Bertz CT molecular complexity index is 1350. The van der Waals surface area contributed by atoms with Crippen LogP contribution in [0.15, 0.2) is 66.2 Å². The molecule has 1 fully saturated rings. The molecule has 1 saturated heterocycles. The van der Waals surface area contributed by atoms with Gasteiger partial charge in [-0.05, 0) is 31.2 Å². The zero-order chi connectivity index (χ0) is 24.6. The maximum atomic E-state index is 14.9.